The van der Waals surface area contributed by atoms with Crippen LogP contribution in [0.15, 0.2) is 53.0 Å². The predicted octanol–water partition coefficient (Wildman–Crippen LogP) is 3.80. The SMILES string of the molecule is O=C(Nc1cccc(F)c1)C1CC1C(=O)Nc1ccccc1Br. The van der Waals surface area contributed by atoms with Gasteiger partial charge in [-0.05, 0) is 52.7 Å². The number of halogens is 2. The molecule has 2 amide bonds. The Bertz CT molecular complexity index is 766. The molecule has 23 heavy (non-hydrogen) atoms. The first-order chi connectivity index (χ1) is 11.0. The lowest BCUT2D eigenvalue weighted by atomic mass is 10.2. The quantitative estimate of drug-likeness (QED) is 0.852. The largest absolute Gasteiger partial charge is 0.326 e. The molecule has 0 radical (unpaired) electrons. The van der Waals surface area contributed by atoms with Crippen molar-refractivity contribution in [2.24, 2.45) is 11.8 Å². The smallest absolute Gasteiger partial charge is 0.228 e. The summed E-state index contributed by atoms with van der Waals surface area (Å²) in [6.07, 6.45) is 0.497. The van der Waals surface area contributed by atoms with Gasteiger partial charge < -0.3 is 10.6 Å². The van der Waals surface area contributed by atoms with Crippen molar-refractivity contribution in [1.82, 2.24) is 0 Å². The molecule has 0 aromatic heterocycles. The Morgan fingerprint density at radius 1 is 1.00 bits per heavy atom. The van der Waals surface area contributed by atoms with Crippen molar-refractivity contribution >= 4 is 39.1 Å². The van der Waals surface area contributed by atoms with Crippen LogP contribution in [0, 0.1) is 17.7 Å². The molecule has 2 N–H and O–H groups in total. The molecule has 1 aliphatic rings. The van der Waals surface area contributed by atoms with Gasteiger partial charge in [-0.15, -0.1) is 0 Å². The molecule has 2 unspecified atom stereocenters. The highest BCUT2D eigenvalue weighted by molar-refractivity contribution is 9.10. The van der Waals surface area contributed by atoms with Gasteiger partial charge in [0.05, 0.1) is 17.5 Å². The lowest BCUT2D eigenvalue weighted by Gasteiger charge is -2.07. The lowest BCUT2D eigenvalue weighted by Crippen LogP contribution is -2.20. The van der Waals surface area contributed by atoms with Crippen LogP contribution in [-0.2, 0) is 9.59 Å². The average molecular weight is 377 g/mol. The Morgan fingerprint density at radius 2 is 1.70 bits per heavy atom. The van der Waals surface area contributed by atoms with E-state index in [1.807, 2.05) is 18.2 Å². The third-order valence-corrected chi connectivity index (χ3v) is 4.38. The second-order valence-electron chi connectivity index (χ2n) is 5.42. The summed E-state index contributed by atoms with van der Waals surface area (Å²) in [7, 11) is 0. The van der Waals surface area contributed by atoms with Crippen LogP contribution in [0.25, 0.3) is 0 Å². The first-order valence-corrected chi connectivity index (χ1v) is 7.96. The summed E-state index contributed by atoms with van der Waals surface area (Å²) in [5.41, 5.74) is 1.07. The van der Waals surface area contributed by atoms with Crippen molar-refractivity contribution in [3.8, 4) is 0 Å². The van der Waals surface area contributed by atoms with Gasteiger partial charge in [0.25, 0.3) is 0 Å². The number of benzene rings is 2. The van der Waals surface area contributed by atoms with E-state index in [4.69, 9.17) is 0 Å². The van der Waals surface area contributed by atoms with Crippen LogP contribution in [0.3, 0.4) is 0 Å². The Kier molecular flexibility index (Phi) is 4.43. The number of carbonyl (C=O) groups is 2. The Balaban J connectivity index is 1.57. The minimum absolute atomic E-state index is 0.184. The van der Waals surface area contributed by atoms with E-state index < -0.39 is 5.82 Å². The second kappa shape index (κ2) is 6.50. The summed E-state index contributed by atoms with van der Waals surface area (Å²) in [4.78, 5) is 24.3. The van der Waals surface area contributed by atoms with Crippen molar-refractivity contribution in [3.05, 3.63) is 58.8 Å². The van der Waals surface area contributed by atoms with Crippen molar-refractivity contribution in [2.75, 3.05) is 10.6 Å². The topological polar surface area (TPSA) is 58.2 Å². The first kappa shape index (κ1) is 15.7. The highest BCUT2D eigenvalue weighted by Gasteiger charge is 2.48. The third kappa shape index (κ3) is 3.76. The molecule has 0 bridgehead atoms. The number of carbonyl (C=O) groups excluding carboxylic acids is 2. The molecule has 0 heterocycles. The van der Waals surface area contributed by atoms with Crippen LogP contribution in [0.2, 0.25) is 0 Å². The molecule has 0 spiro atoms. The van der Waals surface area contributed by atoms with Crippen molar-refractivity contribution < 1.29 is 14.0 Å². The monoisotopic (exact) mass is 376 g/mol. The summed E-state index contributed by atoms with van der Waals surface area (Å²) < 4.78 is 13.9. The average Bonchev–Trinajstić information content (AvgIpc) is 3.30. The van der Waals surface area contributed by atoms with E-state index in [1.54, 1.807) is 12.1 Å². The lowest BCUT2D eigenvalue weighted by molar-refractivity contribution is -0.122. The van der Waals surface area contributed by atoms with Crippen molar-refractivity contribution in [1.29, 1.82) is 0 Å². The van der Waals surface area contributed by atoms with Crippen LogP contribution in [0.4, 0.5) is 15.8 Å². The van der Waals surface area contributed by atoms with Gasteiger partial charge in [0, 0.05) is 10.2 Å². The van der Waals surface area contributed by atoms with Gasteiger partial charge in [0.1, 0.15) is 5.82 Å². The van der Waals surface area contributed by atoms with Crippen LogP contribution < -0.4 is 10.6 Å². The zero-order valence-electron chi connectivity index (χ0n) is 12.1. The van der Waals surface area contributed by atoms with Crippen LogP contribution in [-0.4, -0.2) is 11.8 Å². The maximum Gasteiger partial charge on any atom is 0.228 e. The fourth-order valence-electron chi connectivity index (χ4n) is 2.36. The summed E-state index contributed by atoms with van der Waals surface area (Å²) in [5, 5.41) is 5.44. The van der Waals surface area contributed by atoms with Crippen molar-refractivity contribution in [2.45, 2.75) is 6.42 Å². The van der Waals surface area contributed by atoms with E-state index in [9.17, 15) is 14.0 Å². The molecular formula is C17H14BrFN2O2. The van der Waals surface area contributed by atoms with Crippen LogP contribution >= 0.6 is 15.9 Å². The van der Waals surface area contributed by atoms with E-state index >= 15 is 0 Å². The number of amides is 2. The third-order valence-electron chi connectivity index (χ3n) is 3.69. The predicted molar refractivity (Wildman–Crippen MR) is 89.4 cm³/mol. The standard InChI is InChI=1S/C17H14BrFN2O2/c18-14-6-1-2-7-15(14)21-17(23)13-9-12(13)16(22)20-11-5-3-4-10(19)8-11/h1-8,12-13H,9H2,(H,20,22)(H,21,23). The zero-order valence-corrected chi connectivity index (χ0v) is 13.6. The number of para-hydroxylation sites is 1. The molecule has 2 aromatic rings. The molecule has 118 valence electrons. The van der Waals surface area contributed by atoms with Crippen molar-refractivity contribution in [3.63, 3.8) is 0 Å². The number of hydrogen-bond acceptors (Lipinski definition) is 2. The summed E-state index contributed by atoms with van der Waals surface area (Å²) >= 11 is 3.36. The highest BCUT2D eigenvalue weighted by atomic mass is 79.9. The van der Waals surface area contributed by atoms with Gasteiger partial charge in [0.15, 0.2) is 0 Å². The number of anilines is 2. The summed E-state index contributed by atoms with van der Waals surface area (Å²) in [6.45, 7) is 0. The van der Waals surface area contributed by atoms with Crippen LogP contribution in [0.5, 0.6) is 0 Å². The molecule has 1 fully saturated rings. The zero-order chi connectivity index (χ0) is 16.4. The van der Waals surface area contributed by atoms with E-state index in [-0.39, 0.29) is 23.7 Å². The molecule has 2 atom stereocenters. The van der Waals surface area contributed by atoms with Gasteiger partial charge in [0.2, 0.25) is 11.8 Å². The minimum atomic E-state index is -0.415. The number of rotatable bonds is 4. The van der Waals surface area contributed by atoms with E-state index in [1.165, 1.54) is 18.2 Å². The fourth-order valence-corrected chi connectivity index (χ4v) is 2.75. The Morgan fingerprint density at radius 3 is 2.39 bits per heavy atom. The molecule has 4 nitrogen and oxygen atoms in total. The molecule has 1 saturated carbocycles. The number of nitrogens with one attached hydrogen (secondary N) is 2. The minimum Gasteiger partial charge on any atom is -0.326 e. The van der Waals surface area contributed by atoms with E-state index in [0.29, 0.717) is 17.8 Å². The molecule has 2 aromatic carbocycles. The Labute approximate surface area is 141 Å². The fraction of sp³-hybridized carbons (Fsp3) is 0.176. The summed E-state index contributed by atoms with van der Waals surface area (Å²) in [6, 6.07) is 13.0. The molecule has 0 saturated heterocycles. The molecule has 6 heteroatoms. The van der Waals surface area contributed by atoms with Gasteiger partial charge in [-0.25, -0.2) is 4.39 Å². The first-order valence-electron chi connectivity index (χ1n) is 7.16. The van der Waals surface area contributed by atoms with Crippen LogP contribution in [0.1, 0.15) is 6.42 Å². The van der Waals surface area contributed by atoms with E-state index in [0.717, 1.165) is 4.47 Å². The molecular weight excluding hydrogens is 363 g/mol. The normalized spacial score (nSPS) is 19.0. The van der Waals surface area contributed by atoms with Gasteiger partial charge in [-0.2, -0.15) is 0 Å². The second-order valence-corrected chi connectivity index (χ2v) is 6.27. The van der Waals surface area contributed by atoms with Gasteiger partial charge in [-0.3, -0.25) is 9.59 Å². The maximum absolute atomic E-state index is 13.1. The number of hydrogen-bond donors (Lipinski definition) is 2. The molecule has 1 aliphatic carbocycles. The Hall–Kier alpha value is -2.21. The van der Waals surface area contributed by atoms with E-state index in [2.05, 4.69) is 26.6 Å². The highest BCUT2D eigenvalue weighted by Crippen LogP contribution is 2.40. The van der Waals surface area contributed by atoms with Gasteiger partial charge in [-0.1, -0.05) is 18.2 Å². The van der Waals surface area contributed by atoms with Gasteiger partial charge >= 0.3 is 0 Å². The maximum atomic E-state index is 13.1. The molecule has 0 aliphatic heterocycles. The molecule has 3 rings (SSSR count). The summed E-state index contributed by atoms with van der Waals surface area (Å²) in [5.74, 6) is -1.59.